The molecule has 1 aromatic carbocycles. The average molecular weight is 479 g/mol. The highest BCUT2D eigenvalue weighted by atomic mass is 35.5. The van der Waals surface area contributed by atoms with E-state index in [4.69, 9.17) is 34.0 Å². The molecule has 7 nitrogen and oxygen atoms in total. The molecular formula is C16H19Cl2F3N2O5S. The second-order valence-corrected chi connectivity index (χ2v) is 9.40. The van der Waals surface area contributed by atoms with Crippen molar-refractivity contribution in [3.8, 4) is 5.75 Å². The summed E-state index contributed by atoms with van der Waals surface area (Å²) in [4.78, 5) is 11.2. The second-order valence-electron chi connectivity index (χ2n) is 6.49. The van der Waals surface area contributed by atoms with Crippen LogP contribution < -0.4 is 10.5 Å². The molecule has 1 aromatic rings. The van der Waals surface area contributed by atoms with E-state index in [-0.39, 0.29) is 34.6 Å². The molecule has 0 aliphatic carbocycles. The number of hydrogen-bond acceptors (Lipinski definition) is 6. The standard InChI is InChI=1S/C16H19Cl2F3N2O5S/c17-11-7-10(13(8-12(11)18)28-15(25)16(19,20)21)14(22)9-1-3-23(4-2-9)29(26,27)6-5-24/h7-9,14,24H,1-6,22H2/t14-/m1/s1. The van der Waals surface area contributed by atoms with E-state index in [1.54, 1.807) is 0 Å². The molecule has 1 fully saturated rings. The minimum Gasteiger partial charge on any atom is -0.419 e. The van der Waals surface area contributed by atoms with Gasteiger partial charge in [-0.2, -0.15) is 13.2 Å². The number of rotatable bonds is 6. The number of esters is 1. The predicted octanol–water partition coefficient (Wildman–Crippen LogP) is 2.50. The van der Waals surface area contributed by atoms with E-state index in [9.17, 15) is 26.4 Å². The summed E-state index contributed by atoms with van der Waals surface area (Å²) in [5, 5.41) is 8.77. The van der Waals surface area contributed by atoms with Gasteiger partial charge in [-0.1, -0.05) is 23.2 Å². The number of nitrogens with zero attached hydrogens (tertiary/aromatic N) is 1. The maximum Gasteiger partial charge on any atom is 0.491 e. The molecule has 29 heavy (non-hydrogen) atoms. The second kappa shape index (κ2) is 9.36. The fraction of sp³-hybridized carbons (Fsp3) is 0.562. The van der Waals surface area contributed by atoms with Crippen LogP contribution in [0.4, 0.5) is 13.2 Å². The lowest BCUT2D eigenvalue weighted by atomic mass is 9.86. The molecule has 164 valence electrons. The molecule has 1 aliphatic heterocycles. The molecule has 0 saturated carbocycles. The summed E-state index contributed by atoms with van der Waals surface area (Å²) < 4.78 is 67.4. The minimum absolute atomic E-state index is 0.0203. The molecule has 3 N–H and O–H groups in total. The summed E-state index contributed by atoms with van der Waals surface area (Å²) in [5.41, 5.74) is 6.27. The summed E-state index contributed by atoms with van der Waals surface area (Å²) >= 11 is 11.8. The topological polar surface area (TPSA) is 110 Å². The van der Waals surface area contributed by atoms with Gasteiger partial charge >= 0.3 is 12.1 Å². The molecular weight excluding hydrogens is 460 g/mol. The van der Waals surface area contributed by atoms with Crippen molar-refractivity contribution < 1.29 is 36.2 Å². The van der Waals surface area contributed by atoms with Crippen LogP contribution in [0.5, 0.6) is 5.75 Å². The summed E-state index contributed by atoms with van der Waals surface area (Å²) in [7, 11) is -3.59. The monoisotopic (exact) mass is 478 g/mol. The van der Waals surface area contributed by atoms with Gasteiger partial charge in [-0.05, 0) is 24.8 Å². The maximum absolute atomic E-state index is 12.6. The fourth-order valence-corrected chi connectivity index (χ4v) is 4.64. The van der Waals surface area contributed by atoms with Gasteiger partial charge in [0, 0.05) is 30.8 Å². The van der Waals surface area contributed by atoms with Crippen LogP contribution in [0, 0.1) is 5.92 Å². The molecule has 1 atom stereocenters. The van der Waals surface area contributed by atoms with Crippen LogP contribution in [-0.2, 0) is 14.8 Å². The number of ether oxygens (including phenoxy) is 1. The number of carbonyl (C=O) groups is 1. The van der Waals surface area contributed by atoms with Crippen molar-refractivity contribution in [3.05, 3.63) is 27.7 Å². The first-order valence-corrected chi connectivity index (χ1v) is 10.9. The van der Waals surface area contributed by atoms with Gasteiger partial charge in [-0.15, -0.1) is 0 Å². The summed E-state index contributed by atoms with van der Waals surface area (Å²) in [6, 6.07) is 1.36. The third kappa shape index (κ3) is 5.96. The van der Waals surface area contributed by atoms with Crippen LogP contribution in [0.1, 0.15) is 24.4 Å². The summed E-state index contributed by atoms with van der Waals surface area (Å²) in [5.74, 6) is -3.58. The van der Waals surface area contributed by atoms with Gasteiger partial charge in [-0.25, -0.2) is 17.5 Å². The van der Waals surface area contributed by atoms with Gasteiger partial charge in [0.25, 0.3) is 0 Å². The van der Waals surface area contributed by atoms with Gasteiger partial charge in [0.2, 0.25) is 10.0 Å². The molecule has 0 amide bonds. The van der Waals surface area contributed by atoms with Crippen LogP contribution in [-0.4, -0.2) is 55.4 Å². The summed E-state index contributed by atoms with van der Waals surface area (Å²) in [6.07, 6.45) is -4.57. The first kappa shape index (κ1) is 24.2. The lowest BCUT2D eigenvalue weighted by Gasteiger charge is -2.34. The number of aliphatic hydroxyl groups excluding tert-OH is 1. The van der Waals surface area contributed by atoms with E-state index in [0.29, 0.717) is 12.8 Å². The highest BCUT2D eigenvalue weighted by Crippen LogP contribution is 2.39. The Morgan fingerprint density at radius 2 is 1.83 bits per heavy atom. The van der Waals surface area contributed by atoms with E-state index < -0.39 is 46.3 Å². The van der Waals surface area contributed by atoms with Crippen molar-refractivity contribution in [2.75, 3.05) is 25.4 Å². The van der Waals surface area contributed by atoms with Gasteiger partial charge in [0.1, 0.15) is 5.75 Å². The zero-order valence-corrected chi connectivity index (χ0v) is 17.3. The van der Waals surface area contributed by atoms with E-state index in [1.165, 1.54) is 10.4 Å². The normalized spacial score (nSPS) is 17.9. The molecule has 0 spiro atoms. The van der Waals surface area contributed by atoms with E-state index in [0.717, 1.165) is 6.07 Å². The molecule has 1 aliphatic rings. The Hall–Kier alpha value is -1.11. The van der Waals surface area contributed by atoms with Crippen LogP contribution >= 0.6 is 23.2 Å². The van der Waals surface area contributed by atoms with Crippen molar-refractivity contribution in [2.24, 2.45) is 11.7 Å². The molecule has 1 saturated heterocycles. The Morgan fingerprint density at radius 1 is 1.28 bits per heavy atom. The number of halogens is 5. The van der Waals surface area contributed by atoms with Crippen molar-refractivity contribution >= 4 is 39.2 Å². The molecule has 2 rings (SSSR count). The van der Waals surface area contributed by atoms with E-state index in [1.807, 2.05) is 0 Å². The number of nitrogens with two attached hydrogens (primary N) is 1. The fourth-order valence-electron chi connectivity index (χ4n) is 3.06. The average Bonchev–Trinajstić information content (AvgIpc) is 2.63. The quantitative estimate of drug-likeness (QED) is 0.480. The van der Waals surface area contributed by atoms with Crippen molar-refractivity contribution in [1.29, 1.82) is 0 Å². The zero-order valence-electron chi connectivity index (χ0n) is 15.0. The first-order valence-electron chi connectivity index (χ1n) is 8.49. The maximum atomic E-state index is 12.6. The largest absolute Gasteiger partial charge is 0.491 e. The molecule has 1 heterocycles. The van der Waals surface area contributed by atoms with Gasteiger partial charge < -0.3 is 15.6 Å². The van der Waals surface area contributed by atoms with Crippen molar-refractivity contribution in [1.82, 2.24) is 4.31 Å². The number of alkyl halides is 3. The lowest BCUT2D eigenvalue weighted by molar-refractivity contribution is -0.189. The molecule has 13 heteroatoms. The van der Waals surface area contributed by atoms with Crippen molar-refractivity contribution in [3.63, 3.8) is 0 Å². The third-order valence-corrected chi connectivity index (χ3v) is 7.17. The van der Waals surface area contributed by atoms with Crippen LogP contribution in [0.15, 0.2) is 12.1 Å². The Morgan fingerprint density at radius 3 is 2.34 bits per heavy atom. The van der Waals surface area contributed by atoms with Crippen LogP contribution in [0.25, 0.3) is 0 Å². The third-order valence-electron chi connectivity index (χ3n) is 4.60. The summed E-state index contributed by atoms with van der Waals surface area (Å²) in [6.45, 7) is -0.224. The Bertz CT molecular complexity index is 859. The Labute approximate surface area is 175 Å². The molecule has 0 unspecified atom stereocenters. The highest BCUT2D eigenvalue weighted by molar-refractivity contribution is 7.89. The van der Waals surface area contributed by atoms with Crippen LogP contribution in [0.2, 0.25) is 10.0 Å². The van der Waals surface area contributed by atoms with E-state index in [2.05, 4.69) is 4.74 Å². The zero-order chi connectivity index (χ0) is 22.0. The number of carbonyl (C=O) groups excluding carboxylic acids is 1. The van der Waals surface area contributed by atoms with Gasteiger partial charge in [-0.3, -0.25) is 0 Å². The number of sulfonamides is 1. The predicted molar refractivity (Wildman–Crippen MR) is 100 cm³/mol. The number of benzene rings is 1. The molecule has 0 aromatic heterocycles. The Balaban J connectivity index is 2.21. The molecule has 0 bridgehead atoms. The van der Waals surface area contributed by atoms with Crippen LogP contribution in [0.3, 0.4) is 0 Å². The minimum atomic E-state index is -5.21. The van der Waals surface area contributed by atoms with Crippen molar-refractivity contribution in [2.45, 2.75) is 25.1 Å². The van der Waals surface area contributed by atoms with Gasteiger partial charge in [0.05, 0.1) is 22.4 Å². The lowest BCUT2D eigenvalue weighted by Crippen LogP contribution is -2.42. The van der Waals surface area contributed by atoms with E-state index >= 15 is 0 Å². The first-order chi connectivity index (χ1) is 13.4. The number of aliphatic hydroxyl groups is 1. The number of piperidine rings is 1. The highest BCUT2D eigenvalue weighted by Gasteiger charge is 2.42. The smallest absolute Gasteiger partial charge is 0.419 e. The number of hydrogen-bond donors (Lipinski definition) is 2. The molecule has 0 radical (unpaired) electrons. The Kier molecular flexibility index (Phi) is 7.80. The van der Waals surface area contributed by atoms with Gasteiger partial charge in [0.15, 0.2) is 0 Å². The SMILES string of the molecule is N[C@@H](c1cc(Cl)c(Cl)cc1OC(=O)C(F)(F)F)C1CCN(S(=O)(=O)CCO)CC1.